The highest BCUT2D eigenvalue weighted by atomic mass is 79.9. The van der Waals surface area contributed by atoms with Crippen molar-refractivity contribution in [2.24, 2.45) is 0 Å². The summed E-state index contributed by atoms with van der Waals surface area (Å²) in [5.41, 5.74) is 3.72. The van der Waals surface area contributed by atoms with Gasteiger partial charge in [0.2, 0.25) is 5.91 Å². The number of nitrogens with zero attached hydrogens (tertiary/aromatic N) is 2. The minimum absolute atomic E-state index is 0.151. The van der Waals surface area contributed by atoms with E-state index in [1.807, 2.05) is 42.2 Å². The molecule has 33 heavy (non-hydrogen) atoms. The van der Waals surface area contributed by atoms with Crippen LogP contribution in [0.1, 0.15) is 11.1 Å². The molecule has 0 bridgehead atoms. The quantitative estimate of drug-likeness (QED) is 0.514. The lowest BCUT2D eigenvalue weighted by Crippen LogP contribution is -2.49. The van der Waals surface area contributed by atoms with E-state index in [1.165, 1.54) is 0 Å². The van der Waals surface area contributed by atoms with Crippen molar-refractivity contribution in [1.29, 1.82) is 0 Å². The second kappa shape index (κ2) is 9.97. The fourth-order valence-corrected chi connectivity index (χ4v) is 5.21. The lowest BCUT2D eigenvalue weighted by molar-refractivity contribution is -0.130. The van der Waals surface area contributed by atoms with Gasteiger partial charge < -0.3 is 9.80 Å². The molecule has 6 nitrogen and oxygen atoms in total. The molecule has 1 fully saturated rings. The van der Waals surface area contributed by atoms with Gasteiger partial charge in [-0.3, -0.25) is 9.52 Å². The molecule has 0 aromatic heterocycles. The standard InChI is InChI=1S/C25H26BrN3O3S/c1-19-3-2-4-20(17-19)18-25(30)29-15-13-28(14-16-29)23-9-7-22(8-10-23)27-33(31,32)24-11-5-21(26)6-12-24/h2-12,17,27H,13-16,18H2,1H3. The molecular weight excluding hydrogens is 502 g/mol. The summed E-state index contributed by atoms with van der Waals surface area (Å²) in [6.07, 6.45) is 0.425. The minimum Gasteiger partial charge on any atom is -0.368 e. The van der Waals surface area contributed by atoms with Gasteiger partial charge in [-0.25, -0.2) is 8.42 Å². The third-order valence-corrected chi connectivity index (χ3v) is 7.60. The van der Waals surface area contributed by atoms with E-state index in [4.69, 9.17) is 0 Å². The first kappa shape index (κ1) is 23.3. The number of sulfonamides is 1. The van der Waals surface area contributed by atoms with Gasteiger partial charge in [0.15, 0.2) is 0 Å². The maximum atomic E-state index is 12.7. The highest BCUT2D eigenvalue weighted by Gasteiger charge is 2.22. The summed E-state index contributed by atoms with van der Waals surface area (Å²) in [6, 6.07) is 21.9. The molecular formula is C25H26BrN3O3S. The fourth-order valence-electron chi connectivity index (χ4n) is 3.89. The molecule has 1 aliphatic rings. The Bertz CT molecular complexity index is 1220. The van der Waals surface area contributed by atoms with Crippen LogP contribution in [0, 0.1) is 6.92 Å². The highest BCUT2D eigenvalue weighted by Crippen LogP contribution is 2.23. The molecule has 172 valence electrons. The predicted octanol–water partition coefficient (Wildman–Crippen LogP) is 4.45. The van der Waals surface area contributed by atoms with E-state index in [0.717, 1.165) is 34.4 Å². The van der Waals surface area contributed by atoms with Gasteiger partial charge in [-0.15, -0.1) is 0 Å². The molecule has 0 atom stereocenters. The van der Waals surface area contributed by atoms with E-state index >= 15 is 0 Å². The van der Waals surface area contributed by atoms with E-state index < -0.39 is 10.0 Å². The van der Waals surface area contributed by atoms with Gasteiger partial charge >= 0.3 is 0 Å². The Hall–Kier alpha value is -2.84. The molecule has 0 aliphatic carbocycles. The van der Waals surface area contributed by atoms with Gasteiger partial charge in [-0.05, 0) is 61.0 Å². The zero-order chi connectivity index (χ0) is 23.4. The van der Waals surface area contributed by atoms with Gasteiger partial charge in [0.05, 0.1) is 11.3 Å². The number of halogens is 1. The first-order valence-corrected chi connectivity index (χ1v) is 13.0. The van der Waals surface area contributed by atoms with Crippen LogP contribution >= 0.6 is 15.9 Å². The maximum absolute atomic E-state index is 12.7. The molecule has 1 aliphatic heterocycles. The van der Waals surface area contributed by atoms with Crippen LogP contribution in [0.3, 0.4) is 0 Å². The Kier molecular flexibility index (Phi) is 7.05. The van der Waals surface area contributed by atoms with Gasteiger partial charge in [0, 0.05) is 42.0 Å². The number of anilines is 2. The lowest BCUT2D eigenvalue weighted by Gasteiger charge is -2.36. The van der Waals surface area contributed by atoms with Crippen molar-refractivity contribution in [3.05, 3.63) is 88.4 Å². The van der Waals surface area contributed by atoms with Gasteiger partial charge in [0.25, 0.3) is 10.0 Å². The number of aryl methyl sites for hydroxylation is 1. The van der Waals surface area contributed by atoms with Crippen molar-refractivity contribution < 1.29 is 13.2 Å². The molecule has 3 aromatic rings. The van der Waals surface area contributed by atoms with E-state index in [9.17, 15) is 13.2 Å². The molecule has 0 unspecified atom stereocenters. The Morgan fingerprint density at radius 2 is 1.61 bits per heavy atom. The number of piperazine rings is 1. The van der Waals surface area contributed by atoms with Crippen LogP contribution in [-0.4, -0.2) is 45.4 Å². The van der Waals surface area contributed by atoms with Crippen molar-refractivity contribution in [2.75, 3.05) is 35.8 Å². The predicted molar refractivity (Wildman–Crippen MR) is 135 cm³/mol. The summed E-state index contributed by atoms with van der Waals surface area (Å²) < 4.78 is 28.6. The van der Waals surface area contributed by atoms with Gasteiger partial charge in [-0.1, -0.05) is 45.8 Å². The molecule has 1 heterocycles. The Morgan fingerprint density at radius 3 is 2.24 bits per heavy atom. The van der Waals surface area contributed by atoms with Crippen LogP contribution in [0.15, 0.2) is 82.2 Å². The fraction of sp³-hybridized carbons (Fsp3) is 0.240. The van der Waals surface area contributed by atoms with E-state index in [2.05, 4.69) is 31.6 Å². The second-order valence-corrected chi connectivity index (χ2v) is 10.7. The van der Waals surface area contributed by atoms with Crippen molar-refractivity contribution >= 4 is 43.2 Å². The first-order valence-electron chi connectivity index (χ1n) is 10.8. The minimum atomic E-state index is -3.64. The number of hydrogen-bond acceptors (Lipinski definition) is 4. The number of nitrogens with one attached hydrogen (secondary N) is 1. The zero-order valence-corrected chi connectivity index (χ0v) is 20.8. The van der Waals surface area contributed by atoms with Crippen molar-refractivity contribution in [1.82, 2.24) is 4.90 Å². The molecule has 4 rings (SSSR count). The average Bonchev–Trinajstić information content (AvgIpc) is 2.80. The summed E-state index contributed by atoms with van der Waals surface area (Å²) >= 11 is 3.31. The number of carbonyl (C=O) groups is 1. The number of rotatable bonds is 6. The van der Waals surface area contributed by atoms with E-state index in [0.29, 0.717) is 25.2 Å². The molecule has 1 N–H and O–H groups in total. The van der Waals surface area contributed by atoms with Crippen molar-refractivity contribution in [3.63, 3.8) is 0 Å². The van der Waals surface area contributed by atoms with E-state index in [-0.39, 0.29) is 10.8 Å². The van der Waals surface area contributed by atoms with Crippen LogP contribution < -0.4 is 9.62 Å². The normalized spacial score (nSPS) is 14.2. The second-order valence-electron chi connectivity index (χ2n) is 8.14. The molecule has 0 saturated carbocycles. The summed E-state index contributed by atoms with van der Waals surface area (Å²) in [5, 5.41) is 0. The summed E-state index contributed by atoms with van der Waals surface area (Å²) in [4.78, 5) is 17.0. The van der Waals surface area contributed by atoms with Crippen LogP contribution in [0.5, 0.6) is 0 Å². The smallest absolute Gasteiger partial charge is 0.261 e. The molecule has 1 amide bonds. The van der Waals surface area contributed by atoms with Gasteiger partial charge in [0.1, 0.15) is 0 Å². The molecule has 3 aromatic carbocycles. The zero-order valence-electron chi connectivity index (χ0n) is 18.4. The Morgan fingerprint density at radius 1 is 0.939 bits per heavy atom. The SMILES string of the molecule is Cc1cccc(CC(=O)N2CCN(c3ccc(NS(=O)(=O)c4ccc(Br)cc4)cc3)CC2)c1. The van der Waals surface area contributed by atoms with Crippen LogP contribution in [-0.2, 0) is 21.2 Å². The summed E-state index contributed by atoms with van der Waals surface area (Å²) in [7, 11) is -3.64. The average molecular weight is 528 g/mol. The molecule has 8 heteroatoms. The third kappa shape index (κ3) is 5.94. The Labute approximate surface area is 203 Å². The van der Waals surface area contributed by atoms with Crippen LogP contribution in [0.4, 0.5) is 11.4 Å². The Balaban J connectivity index is 1.33. The molecule has 0 radical (unpaired) electrons. The number of carbonyl (C=O) groups excluding carboxylic acids is 1. The van der Waals surface area contributed by atoms with Gasteiger partial charge in [-0.2, -0.15) is 0 Å². The number of hydrogen-bond donors (Lipinski definition) is 1. The third-order valence-electron chi connectivity index (χ3n) is 5.68. The summed E-state index contributed by atoms with van der Waals surface area (Å²) in [6.45, 7) is 4.85. The number of benzene rings is 3. The topological polar surface area (TPSA) is 69.7 Å². The molecule has 0 spiro atoms. The monoisotopic (exact) mass is 527 g/mol. The summed E-state index contributed by atoms with van der Waals surface area (Å²) in [5.74, 6) is 0.151. The van der Waals surface area contributed by atoms with Crippen molar-refractivity contribution in [2.45, 2.75) is 18.2 Å². The van der Waals surface area contributed by atoms with Crippen molar-refractivity contribution in [3.8, 4) is 0 Å². The van der Waals surface area contributed by atoms with Crippen LogP contribution in [0.25, 0.3) is 0 Å². The van der Waals surface area contributed by atoms with E-state index in [1.54, 1.807) is 36.4 Å². The number of amides is 1. The molecule has 1 saturated heterocycles. The lowest BCUT2D eigenvalue weighted by atomic mass is 10.1. The van der Waals surface area contributed by atoms with Crippen LogP contribution in [0.2, 0.25) is 0 Å². The highest BCUT2D eigenvalue weighted by molar-refractivity contribution is 9.10. The largest absolute Gasteiger partial charge is 0.368 e. The first-order chi connectivity index (χ1) is 15.8. The maximum Gasteiger partial charge on any atom is 0.261 e.